The molecule has 0 amide bonds. The Balaban J connectivity index is 2.55. The van der Waals surface area contributed by atoms with Gasteiger partial charge in [-0.2, -0.15) is 0 Å². The Labute approximate surface area is 119 Å². The molecule has 1 aromatic rings. The third-order valence-electron chi connectivity index (χ3n) is 2.65. The molecule has 1 rings (SSSR count). The molecule has 0 radical (unpaired) electrons. The van der Waals surface area contributed by atoms with Crippen molar-refractivity contribution in [3.05, 3.63) is 36.0 Å². The standard InChI is InChI=1S/C15H22N2O3/c1-3-5-8-20-9-7-16-14-11-12(15(18)19)10-13(17-14)6-4-2/h3,10-11H,1,4-9H2,2H3,(H,16,17)(H,18,19). The van der Waals surface area contributed by atoms with Crippen molar-refractivity contribution in [2.75, 3.05) is 25.1 Å². The fourth-order valence-corrected chi connectivity index (χ4v) is 1.71. The lowest BCUT2D eigenvalue weighted by Gasteiger charge is -2.09. The highest BCUT2D eigenvalue weighted by Gasteiger charge is 2.08. The second-order valence-corrected chi connectivity index (χ2v) is 4.40. The predicted octanol–water partition coefficient (Wildman–Crippen LogP) is 2.74. The summed E-state index contributed by atoms with van der Waals surface area (Å²) in [6, 6.07) is 3.17. The summed E-state index contributed by atoms with van der Waals surface area (Å²) in [5.74, 6) is -0.351. The minimum Gasteiger partial charge on any atom is -0.478 e. The number of hydrogen-bond donors (Lipinski definition) is 2. The summed E-state index contributed by atoms with van der Waals surface area (Å²) in [6.07, 6.45) is 4.33. The lowest BCUT2D eigenvalue weighted by molar-refractivity contribution is 0.0696. The van der Waals surface area contributed by atoms with Crippen molar-refractivity contribution in [1.82, 2.24) is 4.98 Å². The average molecular weight is 278 g/mol. The number of aryl methyl sites for hydroxylation is 1. The molecule has 0 fully saturated rings. The van der Waals surface area contributed by atoms with Gasteiger partial charge in [0.1, 0.15) is 5.82 Å². The van der Waals surface area contributed by atoms with Gasteiger partial charge < -0.3 is 15.2 Å². The topological polar surface area (TPSA) is 71.5 Å². The molecule has 0 atom stereocenters. The smallest absolute Gasteiger partial charge is 0.335 e. The molecule has 0 spiro atoms. The number of hydrogen-bond acceptors (Lipinski definition) is 4. The molecule has 0 saturated heterocycles. The zero-order chi connectivity index (χ0) is 14.8. The molecule has 0 aliphatic carbocycles. The first-order chi connectivity index (χ1) is 9.67. The maximum Gasteiger partial charge on any atom is 0.335 e. The first-order valence-corrected chi connectivity index (χ1v) is 6.84. The first-order valence-electron chi connectivity index (χ1n) is 6.84. The van der Waals surface area contributed by atoms with Crippen LogP contribution in [0.1, 0.15) is 35.8 Å². The van der Waals surface area contributed by atoms with Crippen LogP contribution in [0.5, 0.6) is 0 Å². The lowest BCUT2D eigenvalue weighted by Crippen LogP contribution is -2.12. The number of ether oxygens (including phenoxy) is 1. The highest BCUT2D eigenvalue weighted by atomic mass is 16.5. The van der Waals surface area contributed by atoms with Gasteiger partial charge in [0.15, 0.2) is 0 Å². The van der Waals surface area contributed by atoms with Crippen LogP contribution in [-0.2, 0) is 11.2 Å². The van der Waals surface area contributed by atoms with Crippen LogP contribution in [0, 0.1) is 0 Å². The van der Waals surface area contributed by atoms with Crippen molar-refractivity contribution in [1.29, 1.82) is 0 Å². The Kier molecular flexibility index (Phi) is 7.35. The molecule has 5 nitrogen and oxygen atoms in total. The first kappa shape index (κ1) is 16.2. The molecule has 1 aromatic heterocycles. The largest absolute Gasteiger partial charge is 0.478 e. The van der Waals surface area contributed by atoms with Crippen LogP contribution in [0.15, 0.2) is 24.8 Å². The number of rotatable bonds is 10. The summed E-state index contributed by atoms with van der Waals surface area (Å²) in [5.41, 5.74) is 1.06. The SMILES string of the molecule is C=CCCOCCNc1cc(C(=O)O)cc(CCC)n1. The number of pyridine rings is 1. The van der Waals surface area contributed by atoms with Gasteiger partial charge in [0.2, 0.25) is 0 Å². The van der Waals surface area contributed by atoms with Crippen LogP contribution in [-0.4, -0.2) is 35.8 Å². The molecule has 0 aliphatic rings. The van der Waals surface area contributed by atoms with E-state index < -0.39 is 5.97 Å². The van der Waals surface area contributed by atoms with E-state index in [9.17, 15) is 4.79 Å². The number of carboxylic acid groups (broad SMARTS) is 1. The van der Waals surface area contributed by atoms with Crippen molar-refractivity contribution in [3.63, 3.8) is 0 Å². The van der Waals surface area contributed by atoms with E-state index in [2.05, 4.69) is 16.9 Å². The third kappa shape index (κ3) is 5.84. The average Bonchev–Trinajstić information content (AvgIpc) is 2.43. The Morgan fingerprint density at radius 1 is 1.50 bits per heavy atom. The number of aromatic carboxylic acids is 1. The van der Waals surface area contributed by atoms with Crippen LogP contribution in [0.25, 0.3) is 0 Å². The van der Waals surface area contributed by atoms with E-state index in [0.717, 1.165) is 25.0 Å². The zero-order valence-corrected chi connectivity index (χ0v) is 11.9. The molecule has 110 valence electrons. The molecular weight excluding hydrogens is 256 g/mol. The molecule has 0 aliphatic heterocycles. The molecule has 0 saturated carbocycles. The maximum absolute atomic E-state index is 11.1. The summed E-state index contributed by atoms with van der Waals surface area (Å²) in [7, 11) is 0. The summed E-state index contributed by atoms with van der Waals surface area (Å²) < 4.78 is 5.37. The Morgan fingerprint density at radius 2 is 2.30 bits per heavy atom. The minimum atomic E-state index is -0.935. The van der Waals surface area contributed by atoms with E-state index in [1.54, 1.807) is 12.1 Å². The highest BCUT2D eigenvalue weighted by molar-refractivity contribution is 5.88. The number of nitrogens with one attached hydrogen (secondary N) is 1. The van der Waals surface area contributed by atoms with E-state index in [1.807, 2.05) is 13.0 Å². The van der Waals surface area contributed by atoms with Crippen molar-refractivity contribution in [2.24, 2.45) is 0 Å². The summed E-state index contributed by atoms with van der Waals surface area (Å²) in [5, 5.41) is 12.2. The van der Waals surface area contributed by atoms with Gasteiger partial charge in [-0.05, 0) is 25.0 Å². The van der Waals surface area contributed by atoms with Crippen LogP contribution < -0.4 is 5.32 Å². The van der Waals surface area contributed by atoms with E-state index in [4.69, 9.17) is 9.84 Å². The van der Waals surface area contributed by atoms with Gasteiger partial charge >= 0.3 is 5.97 Å². The van der Waals surface area contributed by atoms with Gasteiger partial charge in [0, 0.05) is 12.2 Å². The third-order valence-corrected chi connectivity index (χ3v) is 2.65. The number of aromatic nitrogens is 1. The minimum absolute atomic E-state index is 0.263. The monoisotopic (exact) mass is 278 g/mol. The van der Waals surface area contributed by atoms with Crippen molar-refractivity contribution in [3.8, 4) is 0 Å². The normalized spacial score (nSPS) is 10.2. The van der Waals surface area contributed by atoms with Crippen LogP contribution >= 0.6 is 0 Å². The maximum atomic E-state index is 11.1. The van der Waals surface area contributed by atoms with Gasteiger partial charge in [0.05, 0.1) is 18.8 Å². The second kappa shape index (κ2) is 9.09. The Morgan fingerprint density at radius 3 is 2.95 bits per heavy atom. The van der Waals surface area contributed by atoms with Crippen molar-refractivity contribution >= 4 is 11.8 Å². The van der Waals surface area contributed by atoms with Crippen molar-refractivity contribution in [2.45, 2.75) is 26.2 Å². The molecule has 2 N–H and O–H groups in total. The lowest BCUT2D eigenvalue weighted by atomic mass is 10.1. The zero-order valence-electron chi connectivity index (χ0n) is 11.9. The van der Waals surface area contributed by atoms with Crippen LogP contribution in [0.4, 0.5) is 5.82 Å². The van der Waals surface area contributed by atoms with Crippen LogP contribution in [0.3, 0.4) is 0 Å². The van der Waals surface area contributed by atoms with E-state index in [0.29, 0.717) is 25.6 Å². The Hall–Kier alpha value is -1.88. The van der Waals surface area contributed by atoms with Crippen molar-refractivity contribution < 1.29 is 14.6 Å². The highest BCUT2D eigenvalue weighted by Crippen LogP contribution is 2.12. The van der Waals surface area contributed by atoms with E-state index >= 15 is 0 Å². The van der Waals surface area contributed by atoms with Gasteiger partial charge in [0.25, 0.3) is 0 Å². The molecule has 0 bridgehead atoms. The van der Waals surface area contributed by atoms with Crippen LogP contribution in [0.2, 0.25) is 0 Å². The summed E-state index contributed by atoms with van der Waals surface area (Å²) in [6.45, 7) is 7.45. The van der Waals surface area contributed by atoms with Gasteiger partial charge in [-0.1, -0.05) is 19.4 Å². The molecule has 0 unspecified atom stereocenters. The molecule has 20 heavy (non-hydrogen) atoms. The number of nitrogens with zero attached hydrogens (tertiary/aromatic N) is 1. The number of carboxylic acids is 1. The Bertz CT molecular complexity index is 447. The molecule has 1 heterocycles. The predicted molar refractivity (Wildman–Crippen MR) is 79.3 cm³/mol. The number of carbonyl (C=O) groups is 1. The summed E-state index contributed by atoms with van der Waals surface area (Å²) in [4.78, 5) is 15.5. The van der Waals surface area contributed by atoms with E-state index in [1.165, 1.54) is 0 Å². The summed E-state index contributed by atoms with van der Waals surface area (Å²) >= 11 is 0. The fraction of sp³-hybridized carbons (Fsp3) is 0.467. The quantitative estimate of drug-likeness (QED) is 0.508. The van der Waals surface area contributed by atoms with Gasteiger partial charge in [-0.15, -0.1) is 6.58 Å². The number of anilines is 1. The van der Waals surface area contributed by atoms with E-state index in [-0.39, 0.29) is 5.56 Å². The molecule has 5 heteroatoms. The second-order valence-electron chi connectivity index (χ2n) is 4.40. The van der Waals surface area contributed by atoms with Gasteiger partial charge in [-0.25, -0.2) is 9.78 Å². The molecular formula is C15H22N2O3. The van der Waals surface area contributed by atoms with Gasteiger partial charge in [-0.3, -0.25) is 0 Å². The molecule has 0 aromatic carbocycles. The fourth-order valence-electron chi connectivity index (χ4n) is 1.71.